The SMILES string of the molecule is CC(C)NC(=O)C1COCCN1c1cc(Br)ccc1CN. The van der Waals surface area contributed by atoms with Crippen LogP contribution >= 0.6 is 15.9 Å². The Hall–Kier alpha value is -1.11. The fraction of sp³-hybridized carbons (Fsp3) is 0.533. The molecule has 1 saturated heterocycles. The third-order valence-corrected chi connectivity index (χ3v) is 3.93. The van der Waals surface area contributed by atoms with E-state index in [0.717, 1.165) is 15.7 Å². The van der Waals surface area contributed by atoms with E-state index in [4.69, 9.17) is 10.5 Å². The summed E-state index contributed by atoms with van der Waals surface area (Å²) in [6, 6.07) is 5.77. The second-order valence-corrected chi connectivity index (χ2v) is 6.34. The van der Waals surface area contributed by atoms with Crippen LogP contribution in [0, 0.1) is 0 Å². The summed E-state index contributed by atoms with van der Waals surface area (Å²) in [6.07, 6.45) is 0. The largest absolute Gasteiger partial charge is 0.377 e. The number of carbonyl (C=O) groups is 1. The van der Waals surface area contributed by atoms with Crippen molar-refractivity contribution < 1.29 is 9.53 Å². The van der Waals surface area contributed by atoms with Crippen molar-refractivity contribution in [1.29, 1.82) is 0 Å². The average Bonchev–Trinajstić information content (AvgIpc) is 2.46. The fourth-order valence-electron chi connectivity index (χ4n) is 2.47. The van der Waals surface area contributed by atoms with Crippen LogP contribution in [0.4, 0.5) is 5.69 Å². The van der Waals surface area contributed by atoms with Crippen molar-refractivity contribution in [2.45, 2.75) is 32.5 Å². The van der Waals surface area contributed by atoms with E-state index in [1.54, 1.807) is 0 Å². The molecule has 3 N–H and O–H groups in total. The highest BCUT2D eigenvalue weighted by atomic mass is 79.9. The number of amides is 1. The predicted molar refractivity (Wildman–Crippen MR) is 87.3 cm³/mol. The summed E-state index contributed by atoms with van der Waals surface area (Å²) >= 11 is 3.49. The first-order valence-electron chi connectivity index (χ1n) is 7.16. The number of morpholine rings is 1. The first kappa shape index (κ1) is 16.3. The second kappa shape index (κ2) is 7.24. The lowest BCUT2D eigenvalue weighted by Gasteiger charge is -2.37. The molecule has 1 amide bonds. The number of anilines is 1. The minimum atomic E-state index is -0.319. The van der Waals surface area contributed by atoms with Crippen molar-refractivity contribution in [2.75, 3.05) is 24.7 Å². The molecule has 1 fully saturated rings. The van der Waals surface area contributed by atoms with Crippen LogP contribution in [0.1, 0.15) is 19.4 Å². The number of carbonyl (C=O) groups excluding carboxylic acids is 1. The molecule has 0 spiro atoms. The molecule has 1 aliphatic rings. The topological polar surface area (TPSA) is 67.6 Å². The Morgan fingerprint density at radius 2 is 2.33 bits per heavy atom. The molecule has 1 unspecified atom stereocenters. The third-order valence-electron chi connectivity index (χ3n) is 3.44. The quantitative estimate of drug-likeness (QED) is 0.861. The summed E-state index contributed by atoms with van der Waals surface area (Å²) in [5.41, 5.74) is 7.87. The van der Waals surface area contributed by atoms with Gasteiger partial charge in [0.05, 0.1) is 13.2 Å². The molecule has 6 heteroatoms. The van der Waals surface area contributed by atoms with Gasteiger partial charge in [-0.25, -0.2) is 0 Å². The molecule has 1 atom stereocenters. The van der Waals surface area contributed by atoms with E-state index in [-0.39, 0.29) is 18.0 Å². The summed E-state index contributed by atoms with van der Waals surface area (Å²) in [7, 11) is 0. The molecule has 116 valence electrons. The van der Waals surface area contributed by atoms with Crippen LogP contribution in [0.2, 0.25) is 0 Å². The van der Waals surface area contributed by atoms with Crippen LogP contribution in [-0.2, 0) is 16.1 Å². The third kappa shape index (κ3) is 3.96. The number of nitrogens with zero attached hydrogens (tertiary/aromatic N) is 1. The van der Waals surface area contributed by atoms with E-state index in [0.29, 0.717) is 26.3 Å². The van der Waals surface area contributed by atoms with Crippen LogP contribution in [-0.4, -0.2) is 37.7 Å². The molecule has 21 heavy (non-hydrogen) atoms. The molecule has 0 saturated carbocycles. The maximum Gasteiger partial charge on any atom is 0.245 e. The molecule has 1 aromatic rings. The van der Waals surface area contributed by atoms with Crippen molar-refractivity contribution in [1.82, 2.24) is 5.32 Å². The standard InChI is InChI=1S/C15H22BrN3O2/c1-10(2)18-15(20)14-9-21-6-5-19(14)13-7-12(16)4-3-11(13)8-17/h3-4,7,10,14H,5-6,8-9,17H2,1-2H3,(H,18,20). The summed E-state index contributed by atoms with van der Waals surface area (Å²) in [5, 5.41) is 2.96. The normalized spacial score (nSPS) is 18.9. The fourth-order valence-corrected chi connectivity index (χ4v) is 2.82. The summed E-state index contributed by atoms with van der Waals surface area (Å²) in [5.74, 6) is -0.00681. The van der Waals surface area contributed by atoms with Crippen molar-refractivity contribution in [3.05, 3.63) is 28.2 Å². The molecule has 0 aromatic heterocycles. The van der Waals surface area contributed by atoms with E-state index in [1.165, 1.54) is 0 Å². The van der Waals surface area contributed by atoms with Gasteiger partial charge in [-0.3, -0.25) is 4.79 Å². The van der Waals surface area contributed by atoms with Gasteiger partial charge in [-0.1, -0.05) is 22.0 Å². The number of nitrogens with one attached hydrogen (secondary N) is 1. The van der Waals surface area contributed by atoms with E-state index in [2.05, 4.69) is 26.1 Å². The second-order valence-electron chi connectivity index (χ2n) is 5.42. The van der Waals surface area contributed by atoms with Crippen molar-refractivity contribution in [2.24, 2.45) is 5.73 Å². The van der Waals surface area contributed by atoms with Gasteiger partial charge < -0.3 is 20.7 Å². The first-order valence-corrected chi connectivity index (χ1v) is 7.95. The lowest BCUT2D eigenvalue weighted by molar-refractivity contribution is -0.125. The van der Waals surface area contributed by atoms with Crippen molar-refractivity contribution in [3.8, 4) is 0 Å². The number of rotatable bonds is 4. The number of halogens is 1. The van der Waals surface area contributed by atoms with Gasteiger partial charge in [-0.05, 0) is 31.5 Å². The molecular formula is C15H22BrN3O2. The van der Waals surface area contributed by atoms with Crippen LogP contribution in [0.3, 0.4) is 0 Å². The van der Waals surface area contributed by atoms with Crippen molar-refractivity contribution >= 4 is 27.5 Å². The molecule has 0 bridgehead atoms. The van der Waals surface area contributed by atoms with E-state index in [9.17, 15) is 4.79 Å². The Labute approximate surface area is 134 Å². The highest BCUT2D eigenvalue weighted by Gasteiger charge is 2.31. The molecule has 1 aromatic carbocycles. The average molecular weight is 356 g/mol. The molecule has 0 radical (unpaired) electrons. The smallest absolute Gasteiger partial charge is 0.245 e. The van der Waals surface area contributed by atoms with Crippen LogP contribution in [0.5, 0.6) is 0 Å². The molecule has 5 nitrogen and oxygen atoms in total. The van der Waals surface area contributed by atoms with Crippen molar-refractivity contribution in [3.63, 3.8) is 0 Å². The van der Waals surface area contributed by atoms with E-state index < -0.39 is 0 Å². The molecule has 1 aliphatic heterocycles. The maximum atomic E-state index is 12.4. The predicted octanol–water partition coefficient (Wildman–Crippen LogP) is 1.64. The number of benzene rings is 1. The summed E-state index contributed by atoms with van der Waals surface area (Å²) < 4.78 is 6.47. The zero-order valence-corrected chi connectivity index (χ0v) is 14.0. The van der Waals surface area contributed by atoms with Crippen LogP contribution in [0.15, 0.2) is 22.7 Å². The Bertz CT molecular complexity index is 508. The van der Waals surface area contributed by atoms with Gasteiger partial charge in [-0.2, -0.15) is 0 Å². The Morgan fingerprint density at radius 3 is 3.00 bits per heavy atom. The highest BCUT2D eigenvalue weighted by molar-refractivity contribution is 9.10. The lowest BCUT2D eigenvalue weighted by Crippen LogP contribution is -2.55. The van der Waals surface area contributed by atoms with Gasteiger partial charge in [0.1, 0.15) is 6.04 Å². The summed E-state index contributed by atoms with van der Waals surface area (Å²) in [4.78, 5) is 14.5. The minimum Gasteiger partial charge on any atom is -0.377 e. The molecule has 2 rings (SSSR count). The van der Waals surface area contributed by atoms with E-state index in [1.807, 2.05) is 32.0 Å². The molecular weight excluding hydrogens is 334 g/mol. The minimum absolute atomic E-state index is 0.00681. The van der Waals surface area contributed by atoms with Gasteiger partial charge in [0.15, 0.2) is 0 Å². The number of hydrogen-bond acceptors (Lipinski definition) is 4. The Morgan fingerprint density at radius 1 is 1.57 bits per heavy atom. The molecule has 0 aliphatic carbocycles. The van der Waals surface area contributed by atoms with Gasteiger partial charge in [0.2, 0.25) is 5.91 Å². The zero-order valence-electron chi connectivity index (χ0n) is 12.4. The summed E-state index contributed by atoms with van der Waals surface area (Å²) in [6.45, 7) is 6.04. The maximum absolute atomic E-state index is 12.4. The van der Waals surface area contributed by atoms with Gasteiger partial charge >= 0.3 is 0 Å². The Balaban J connectivity index is 2.30. The van der Waals surface area contributed by atoms with E-state index >= 15 is 0 Å². The highest BCUT2D eigenvalue weighted by Crippen LogP contribution is 2.28. The Kier molecular flexibility index (Phi) is 5.61. The monoisotopic (exact) mass is 355 g/mol. The number of ether oxygens (including phenoxy) is 1. The zero-order chi connectivity index (χ0) is 15.4. The van der Waals surface area contributed by atoms with Gasteiger partial charge in [-0.15, -0.1) is 0 Å². The lowest BCUT2D eigenvalue weighted by atomic mass is 10.1. The van der Waals surface area contributed by atoms with Gasteiger partial charge in [0.25, 0.3) is 0 Å². The van der Waals surface area contributed by atoms with Crippen LogP contribution in [0.25, 0.3) is 0 Å². The number of hydrogen-bond donors (Lipinski definition) is 2. The van der Waals surface area contributed by atoms with Crippen LogP contribution < -0.4 is 16.0 Å². The van der Waals surface area contributed by atoms with Gasteiger partial charge in [0, 0.05) is 29.3 Å². The molecule has 1 heterocycles. The first-order chi connectivity index (χ1) is 10.0. The number of nitrogens with two attached hydrogens (primary N) is 1.